The highest BCUT2D eigenvalue weighted by Gasteiger charge is 2.24. The van der Waals surface area contributed by atoms with E-state index in [4.69, 9.17) is 4.74 Å². The third-order valence-corrected chi connectivity index (χ3v) is 3.05. The first kappa shape index (κ1) is 12.3. The van der Waals surface area contributed by atoms with Gasteiger partial charge in [-0.15, -0.1) is 0 Å². The first-order valence-electron chi connectivity index (χ1n) is 6.00. The van der Waals surface area contributed by atoms with Crippen LogP contribution in [0.1, 0.15) is 52.4 Å². The van der Waals surface area contributed by atoms with Gasteiger partial charge in [-0.05, 0) is 32.1 Å². The van der Waals surface area contributed by atoms with Crippen molar-refractivity contribution in [1.29, 1.82) is 0 Å². The zero-order valence-corrected chi connectivity index (χ0v) is 9.92. The van der Waals surface area contributed by atoms with Gasteiger partial charge in [0.05, 0.1) is 0 Å². The predicted octanol–water partition coefficient (Wildman–Crippen LogP) is 3.46. The molecule has 0 saturated heterocycles. The van der Waals surface area contributed by atoms with E-state index in [1.165, 1.54) is 25.7 Å². The monoisotopic (exact) mass is 210 g/mol. The molecule has 0 aromatic carbocycles. The summed E-state index contributed by atoms with van der Waals surface area (Å²) in [5, 5.41) is 0. The second kappa shape index (κ2) is 5.94. The minimum atomic E-state index is -0.225. The molecule has 0 aliphatic heterocycles. The highest BCUT2D eigenvalue weighted by atomic mass is 16.5. The van der Waals surface area contributed by atoms with E-state index < -0.39 is 0 Å². The molecule has 2 unspecified atom stereocenters. The number of esters is 1. The van der Waals surface area contributed by atoms with E-state index in [1.54, 1.807) is 6.92 Å². The molecule has 2 nitrogen and oxygen atoms in total. The Labute approximate surface area is 92.7 Å². The molecule has 0 aromatic rings. The third kappa shape index (κ3) is 4.06. The molecule has 0 bridgehead atoms. The number of carbonyl (C=O) groups excluding carboxylic acids is 1. The molecular weight excluding hydrogens is 188 g/mol. The third-order valence-electron chi connectivity index (χ3n) is 3.05. The average Bonchev–Trinajstić information content (AvgIpc) is 2.18. The summed E-state index contributed by atoms with van der Waals surface area (Å²) in [5.74, 6) is 0.531. The van der Waals surface area contributed by atoms with Gasteiger partial charge in [-0.1, -0.05) is 32.8 Å². The maximum Gasteiger partial charge on any atom is 0.333 e. The van der Waals surface area contributed by atoms with Crippen molar-refractivity contribution < 1.29 is 9.53 Å². The van der Waals surface area contributed by atoms with Crippen molar-refractivity contribution in [2.24, 2.45) is 5.92 Å². The van der Waals surface area contributed by atoms with Gasteiger partial charge in [-0.2, -0.15) is 0 Å². The maximum atomic E-state index is 11.4. The van der Waals surface area contributed by atoms with Crippen molar-refractivity contribution in [3.8, 4) is 0 Å². The molecule has 0 N–H and O–H groups in total. The van der Waals surface area contributed by atoms with Crippen LogP contribution in [0.3, 0.4) is 0 Å². The summed E-state index contributed by atoms with van der Waals surface area (Å²) in [6.07, 6.45) is 7.20. The molecule has 2 atom stereocenters. The van der Waals surface area contributed by atoms with E-state index in [9.17, 15) is 4.79 Å². The Morgan fingerprint density at radius 1 is 1.47 bits per heavy atom. The van der Waals surface area contributed by atoms with Gasteiger partial charge < -0.3 is 4.74 Å². The summed E-state index contributed by atoms with van der Waals surface area (Å²) in [4.78, 5) is 11.4. The van der Waals surface area contributed by atoms with Crippen LogP contribution < -0.4 is 0 Å². The fraction of sp³-hybridized carbons (Fsp3) is 0.769. The second-order valence-electron chi connectivity index (χ2n) is 4.63. The topological polar surface area (TPSA) is 26.3 Å². The second-order valence-corrected chi connectivity index (χ2v) is 4.63. The van der Waals surface area contributed by atoms with Crippen molar-refractivity contribution in [2.45, 2.75) is 58.5 Å². The zero-order chi connectivity index (χ0) is 11.3. The summed E-state index contributed by atoms with van der Waals surface area (Å²) in [6.45, 7) is 7.52. The number of rotatable bonds is 4. The summed E-state index contributed by atoms with van der Waals surface area (Å²) in [7, 11) is 0. The lowest BCUT2D eigenvalue weighted by Gasteiger charge is -2.28. The highest BCUT2D eigenvalue weighted by molar-refractivity contribution is 5.87. The fourth-order valence-corrected chi connectivity index (χ4v) is 2.27. The van der Waals surface area contributed by atoms with Gasteiger partial charge in [0.1, 0.15) is 6.10 Å². The molecule has 15 heavy (non-hydrogen) atoms. The van der Waals surface area contributed by atoms with Crippen molar-refractivity contribution in [2.75, 3.05) is 0 Å². The van der Waals surface area contributed by atoms with Crippen LogP contribution in [0.25, 0.3) is 0 Å². The summed E-state index contributed by atoms with van der Waals surface area (Å²) < 4.78 is 5.39. The number of hydrogen-bond donors (Lipinski definition) is 0. The number of carbonyl (C=O) groups is 1. The van der Waals surface area contributed by atoms with Crippen molar-refractivity contribution in [3.63, 3.8) is 0 Å². The minimum Gasteiger partial charge on any atom is -0.459 e. The number of ether oxygens (including phenoxy) is 1. The van der Waals surface area contributed by atoms with E-state index in [1.807, 2.05) is 0 Å². The zero-order valence-electron chi connectivity index (χ0n) is 9.92. The molecule has 2 heteroatoms. The molecule has 1 saturated carbocycles. The Balaban J connectivity index is 2.36. The van der Waals surface area contributed by atoms with Crippen molar-refractivity contribution >= 4 is 5.97 Å². The molecular formula is C13H22O2. The van der Waals surface area contributed by atoms with Crippen LogP contribution in [-0.2, 0) is 9.53 Å². The Kier molecular flexibility index (Phi) is 4.86. The standard InChI is InChI=1S/C13H22O2/c1-4-6-11-7-5-8-12(9-11)15-13(14)10(2)3/h11-12H,2,4-9H2,1,3H3. The van der Waals surface area contributed by atoms with Crippen LogP contribution in [-0.4, -0.2) is 12.1 Å². The minimum absolute atomic E-state index is 0.138. The first-order valence-corrected chi connectivity index (χ1v) is 6.00. The Hall–Kier alpha value is -0.790. The molecule has 0 radical (unpaired) electrons. The van der Waals surface area contributed by atoms with Crippen LogP contribution in [0.15, 0.2) is 12.2 Å². The smallest absolute Gasteiger partial charge is 0.333 e. The lowest BCUT2D eigenvalue weighted by molar-refractivity contribution is -0.146. The van der Waals surface area contributed by atoms with Crippen LogP contribution in [0.5, 0.6) is 0 Å². The SMILES string of the molecule is C=C(C)C(=O)OC1CCCC(CCC)C1. The molecule has 0 spiro atoms. The summed E-state index contributed by atoms with van der Waals surface area (Å²) >= 11 is 0. The van der Waals surface area contributed by atoms with Crippen LogP contribution >= 0.6 is 0 Å². The van der Waals surface area contributed by atoms with E-state index >= 15 is 0 Å². The van der Waals surface area contributed by atoms with Gasteiger partial charge in [0.2, 0.25) is 0 Å². The van der Waals surface area contributed by atoms with Gasteiger partial charge in [0.25, 0.3) is 0 Å². The molecule has 0 heterocycles. The van der Waals surface area contributed by atoms with E-state index in [0.717, 1.165) is 18.8 Å². The molecule has 86 valence electrons. The molecule has 1 aliphatic carbocycles. The Morgan fingerprint density at radius 3 is 2.80 bits per heavy atom. The van der Waals surface area contributed by atoms with Crippen molar-refractivity contribution in [3.05, 3.63) is 12.2 Å². The predicted molar refractivity (Wildman–Crippen MR) is 61.6 cm³/mol. The Morgan fingerprint density at radius 2 is 2.20 bits per heavy atom. The summed E-state index contributed by atoms with van der Waals surface area (Å²) in [5.41, 5.74) is 0.507. The van der Waals surface area contributed by atoms with Crippen LogP contribution in [0.4, 0.5) is 0 Å². The van der Waals surface area contributed by atoms with Crippen molar-refractivity contribution in [1.82, 2.24) is 0 Å². The summed E-state index contributed by atoms with van der Waals surface area (Å²) in [6, 6.07) is 0. The molecule has 1 aliphatic rings. The first-order chi connectivity index (χ1) is 7.13. The number of hydrogen-bond acceptors (Lipinski definition) is 2. The van der Waals surface area contributed by atoms with Gasteiger partial charge in [0.15, 0.2) is 0 Å². The lowest BCUT2D eigenvalue weighted by atomic mass is 9.84. The molecule has 1 rings (SSSR count). The molecule has 0 aromatic heterocycles. The Bertz CT molecular complexity index is 231. The van der Waals surface area contributed by atoms with E-state index in [-0.39, 0.29) is 12.1 Å². The fourth-order valence-electron chi connectivity index (χ4n) is 2.27. The molecule has 0 amide bonds. The normalized spacial score (nSPS) is 26.0. The van der Waals surface area contributed by atoms with E-state index in [0.29, 0.717) is 5.57 Å². The van der Waals surface area contributed by atoms with E-state index in [2.05, 4.69) is 13.5 Å². The largest absolute Gasteiger partial charge is 0.459 e. The van der Waals surface area contributed by atoms with Crippen LogP contribution in [0.2, 0.25) is 0 Å². The molecule has 1 fully saturated rings. The van der Waals surface area contributed by atoms with Gasteiger partial charge in [0, 0.05) is 5.57 Å². The van der Waals surface area contributed by atoms with Gasteiger partial charge >= 0.3 is 5.97 Å². The maximum absolute atomic E-state index is 11.4. The quantitative estimate of drug-likeness (QED) is 0.524. The van der Waals surface area contributed by atoms with Gasteiger partial charge in [-0.3, -0.25) is 0 Å². The highest BCUT2D eigenvalue weighted by Crippen LogP contribution is 2.29. The lowest BCUT2D eigenvalue weighted by Crippen LogP contribution is -2.25. The average molecular weight is 210 g/mol. The van der Waals surface area contributed by atoms with Crippen LogP contribution in [0, 0.1) is 5.92 Å². The van der Waals surface area contributed by atoms with Gasteiger partial charge in [-0.25, -0.2) is 4.79 Å².